The lowest BCUT2D eigenvalue weighted by Gasteiger charge is -2.08. The van der Waals surface area contributed by atoms with Gasteiger partial charge >= 0.3 is 6.18 Å². The molecule has 8 heteroatoms. The zero-order chi connectivity index (χ0) is 19.6. The largest absolute Gasteiger partial charge is 0.454 e. The van der Waals surface area contributed by atoms with E-state index in [9.17, 15) is 13.2 Å². The van der Waals surface area contributed by atoms with Gasteiger partial charge in [0.2, 0.25) is 12.7 Å². The predicted octanol–water partition coefficient (Wildman–Crippen LogP) is 5.83. The molecule has 0 bridgehead atoms. The molecule has 0 amide bonds. The zero-order valence-electron chi connectivity index (χ0n) is 15.1. The van der Waals surface area contributed by atoms with E-state index in [1.807, 2.05) is 6.07 Å². The topological polar surface area (TPSA) is 40.6 Å². The average molecular weight is 424 g/mol. The summed E-state index contributed by atoms with van der Waals surface area (Å²) in [6, 6.07) is 14.2. The van der Waals surface area contributed by atoms with Gasteiger partial charge in [-0.2, -0.15) is 13.2 Å². The van der Waals surface area contributed by atoms with Gasteiger partial charge in [-0.05, 0) is 48.2 Å². The van der Waals surface area contributed by atoms with Crippen LogP contribution in [0.15, 0.2) is 60.8 Å². The van der Waals surface area contributed by atoms with E-state index in [1.165, 1.54) is 12.1 Å². The first-order valence-corrected chi connectivity index (χ1v) is 8.66. The van der Waals surface area contributed by atoms with Gasteiger partial charge in [0, 0.05) is 18.3 Å². The number of alkyl halides is 3. The van der Waals surface area contributed by atoms with Crippen LogP contribution in [0, 0.1) is 0 Å². The van der Waals surface area contributed by atoms with E-state index in [-0.39, 0.29) is 19.2 Å². The van der Waals surface area contributed by atoms with Crippen molar-refractivity contribution in [3.05, 3.63) is 77.5 Å². The van der Waals surface area contributed by atoms with Gasteiger partial charge in [-0.15, -0.1) is 12.4 Å². The van der Waals surface area contributed by atoms with Crippen LogP contribution < -0.4 is 14.2 Å². The Morgan fingerprint density at radius 2 is 1.55 bits per heavy atom. The lowest BCUT2D eigenvalue weighted by Crippen LogP contribution is -2.04. The van der Waals surface area contributed by atoms with Gasteiger partial charge in [0.1, 0.15) is 5.75 Å². The lowest BCUT2D eigenvalue weighted by molar-refractivity contribution is -0.137. The SMILES string of the molecule is Cl.FC(F)(F)c1ccc(CCc2ccc(Oc3ccc4c(c3)OCO4)nc2)cc1. The van der Waals surface area contributed by atoms with Crippen LogP contribution in [0.25, 0.3) is 0 Å². The molecule has 1 aliphatic rings. The molecule has 0 spiro atoms. The summed E-state index contributed by atoms with van der Waals surface area (Å²) in [5.41, 5.74) is 1.18. The van der Waals surface area contributed by atoms with Gasteiger partial charge in [0.25, 0.3) is 0 Å². The van der Waals surface area contributed by atoms with Crippen molar-refractivity contribution in [2.24, 2.45) is 0 Å². The molecule has 0 saturated carbocycles. The standard InChI is InChI=1S/C21H16F3NO3.ClH/c22-21(23,24)16-6-3-14(4-7-16)1-2-15-5-10-20(25-12-15)28-17-8-9-18-19(11-17)27-13-26-18;/h3-12H,1-2,13H2;1H. The molecular formula is C21H17ClF3NO3. The Hall–Kier alpha value is -2.93. The number of hydrogen-bond acceptors (Lipinski definition) is 4. The number of nitrogens with zero attached hydrogens (tertiary/aromatic N) is 1. The molecule has 0 radical (unpaired) electrons. The number of aryl methyl sites for hydroxylation is 2. The van der Waals surface area contributed by atoms with Crippen LogP contribution in [0.5, 0.6) is 23.1 Å². The van der Waals surface area contributed by atoms with Gasteiger partial charge in [-0.25, -0.2) is 4.98 Å². The van der Waals surface area contributed by atoms with E-state index in [2.05, 4.69) is 4.98 Å². The zero-order valence-corrected chi connectivity index (χ0v) is 15.9. The van der Waals surface area contributed by atoms with Gasteiger partial charge in [0.15, 0.2) is 11.5 Å². The molecule has 0 saturated heterocycles. The number of halogens is 4. The minimum absolute atomic E-state index is 0. The molecule has 1 aliphatic heterocycles. The maximum absolute atomic E-state index is 12.6. The molecule has 2 heterocycles. The molecule has 4 rings (SSSR count). The maximum Gasteiger partial charge on any atom is 0.416 e. The second-order valence-corrected chi connectivity index (χ2v) is 6.32. The van der Waals surface area contributed by atoms with E-state index >= 15 is 0 Å². The molecule has 29 heavy (non-hydrogen) atoms. The van der Waals surface area contributed by atoms with Crippen molar-refractivity contribution in [1.29, 1.82) is 0 Å². The van der Waals surface area contributed by atoms with Crippen LogP contribution in [-0.2, 0) is 19.0 Å². The number of benzene rings is 2. The number of pyridine rings is 1. The summed E-state index contributed by atoms with van der Waals surface area (Å²) >= 11 is 0. The van der Waals surface area contributed by atoms with Crippen LogP contribution in [0.4, 0.5) is 13.2 Å². The number of hydrogen-bond donors (Lipinski definition) is 0. The van der Waals surface area contributed by atoms with Crippen molar-refractivity contribution in [2.75, 3.05) is 6.79 Å². The molecule has 1 aromatic heterocycles. The number of rotatable bonds is 5. The number of aromatic nitrogens is 1. The number of fused-ring (bicyclic) bond motifs is 1. The van der Waals surface area contributed by atoms with Gasteiger partial charge in [-0.3, -0.25) is 0 Å². The highest BCUT2D eigenvalue weighted by atomic mass is 35.5. The highest BCUT2D eigenvalue weighted by molar-refractivity contribution is 5.85. The highest BCUT2D eigenvalue weighted by Crippen LogP contribution is 2.36. The molecule has 2 aromatic carbocycles. The second-order valence-electron chi connectivity index (χ2n) is 6.32. The summed E-state index contributed by atoms with van der Waals surface area (Å²) in [5, 5.41) is 0. The summed E-state index contributed by atoms with van der Waals surface area (Å²) in [6.07, 6.45) is -1.31. The summed E-state index contributed by atoms with van der Waals surface area (Å²) < 4.78 is 54.1. The van der Waals surface area contributed by atoms with Crippen molar-refractivity contribution < 1.29 is 27.4 Å². The van der Waals surface area contributed by atoms with Crippen molar-refractivity contribution >= 4 is 12.4 Å². The molecule has 0 fully saturated rings. The number of ether oxygens (including phenoxy) is 3. The van der Waals surface area contributed by atoms with Crippen molar-refractivity contribution in [3.8, 4) is 23.1 Å². The first kappa shape index (κ1) is 20.8. The summed E-state index contributed by atoms with van der Waals surface area (Å²) in [7, 11) is 0. The van der Waals surface area contributed by atoms with Crippen LogP contribution in [-0.4, -0.2) is 11.8 Å². The minimum atomic E-state index is -4.31. The predicted molar refractivity (Wildman–Crippen MR) is 103 cm³/mol. The lowest BCUT2D eigenvalue weighted by atomic mass is 10.0. The fourth-order valence-electron chi connectivity index (χ4n) is 2.83. The van der Waals surface area contributed by atoms with Crippen LogP contribution in [0.3, 0.4) is 0 Å². The molecular weight excluding hydrogens is 407 g/mol. The smallest absolute Gasteiger partial charge is 0.416 e. The van der Waals surface area contributed by atoms with Crippen LogP contribution in [0.2, 0.25) is 0 Å². The van der Waals surface area contributed by atoms with Gasteiger partial charge in [-0.1, -0.05) is 18.2 Å². The third-order valence-electron chi connectivity index (χ3n) is 4.35. The van der Waals surface area contributed by atoms with Crippen LogP contribution >= 0.6 is 12.4 Å². The average Bonchev–Trinajstić information content (AvgIpc) is 3.15. The van der Waals surface area contributed by atoms with Crippen molar-refractivity contribution in [3.63, 3.8) is 0 Å². The fraction of sp³-hybridized carbons (Fsp3) is 0.190. The highest BCUT2D eigenvalue weighted by Gasteiger charge is 2.29. The Kier molecular flexibility index (Phi) is 6.17. The molecule has 152 valence electrons. The monoisotopic (exact) mass is 423 g/mol. The summed E-state index contributed by atoms with van der Waals surface area (Å²) in [5.74, 6) is 2.34. The van der Waals surface area contributed by atoms with E-state index in [0.717, 1.165) is 23.3 Å². The first-order valence-electron chi connectivity index (χ1n) is 8.66. The van der Waals surface area contributed by atoms with E-state index < -0.39 is 11.7 Å². The molecule has 0 aliphatic carbocycles. The quantitative estimate of drug-likeness (QED) is 0.518. The summed E-state index contributed by atoms with van der Waals surface area (Å²) in [6.45, 7) is 0.199. The fourth-order valence-corrected chi connectivity index (χ4v) is 2.83. The van der Waals surface area contributed by atoms with Gasteiger partial charge < -0.3 is 14.2 Å². The maximum atomic E-state index is 12.6. The van der Waals surface area contributed by atoms with Crippen molar-refractivity contribution in [2.45, 2.75) is 19.0 Å². The van der Waals surface area contributed by atoms with Gasteiger partial charge in [0.05, 0.1) is 5.56 Å². The Morgan fingerprint density at radius 3 is 2.24 bits per heavy atom. The Morgan fingerprint density at radius 1 is 0.862 bits per heavy atom. The van der Waals surface area contributed by atoms with E-state index in [4.69, 9.17) is 14.2 Å². The van der Waals surface area contributed by atoms with Crippen LogP contribution in [0.1, 0.15) is 16.7 Å². The Labute approximate surface area is 171 Å². The molecule has 4 nitrogen and oxygen atoms in total. The Balaban J connectivity index is 0.00000240. The molecule has 0 N–H and O–H groups in total. The molecule has 0 atom stereocenters. The molecule has 0 unspecified atom stereocenters. The summed E-state index contributed by atoms with van der Waals surface area (Å²) in [4.78, 5) is 4.28. The van der Waals surface area contributed by atoms with E-state index in [0.29, 0.717) is 36.0 Å². The first-order chi connectivity index (χ1) is 13.5. The van der Waals surface area contributed by atoms with E-state index in [1.54, 1.807) is 30.5 Å². The third-order valence-corrected chi connectivity index (χ3v) is 4.35. The molecule has 3 aromatic rings. The Bertz CT molecular complexity index is 960. The third kappa shape index (κ3) is 5.12. The normalized spacial score (nSPS) is 12.4. The minimum Gasteiger partial charge on any atom is -0.454 e. The second kappa shape index (κ2) is 8.61. The van der Waals surface area contributed by atoms with Crippen molar-refractivity contribution in [1.82, 2.24) is 4.98 Å².